The van der Waals surface area contributed by atoms with Crippen molar-refractivity contribution in [2.24, 2.45) is 0 Å². The molecular formula is C16H12ClF3O2. The lowest BCUT2D eigenvalue weighted by atomic mass is 9.96. The molecule has 0 bridgehead atoms. The molecule has 0 aromatic heterocycles. The third-order valence-electron chi connectivity index (χ3n) is 3.23. The van der Waals surface area contributed by atoms with Gasteiger partial charge in [0.2, 0.25) is 0 Å². The first-order valence-electron chi connectivity index (χ1n) is 6.30. The number of ether oxygens (including phenoxy) is 1. The van der Waals surface area contributed by atoms with Gasteiger partial charge in [-0.25, -0.2) is 4.79 Å². The molecule has 22 heavy (non-hydrogen) atoms. The van der Waals surface area contributed by atoms with Crippen LogP contribution in [0.15, 0.2) is 36.4 Å². The maximum Gasteiger partial charge on any atom is 0.416 e. The van der Waals surface area contributed by atoms with E-state index in [1.807, 2.05) is 0 Å². The van der Waals surface area contributed by atoms with Crippen LogP contribution in [0.3, 0.4) is 0 Å². The smallest absolute Gasteiger partial charge is 0.416 e. The fourth-order valence-corrected chi connectivity index (χ4v) is 2.37. The fraction of sp³-hybridized carbons (Fsp3) is 0.188. The van der Waals surface area contributed by atoms with Crippen molar-refractivity contribution >= 4 is 17.6 Å². The Hall–Kier alpha value is -2.01. The van der Waals surface area contributed by atoms with E-state index in [1.54, 1.807) is 12.1 Å². The molecule has 0 radical (unpaired) electrons. The molecule has 2 nitrogen and oxygen atoms in total. The zero-order valence-corrected chi connectivity index (χ0v) is 12.5. The van der Waals surface area contributed by atoms with Gasteiger partial charge in [-0.15, -0.1) is 0 Å². The minimum absolute atomic E-state index is 0.0794. The highest BCUT2D eigenvalue weighted by Crippen LogP contribution is 2.35. The van der Waals surface area contributed by atoms with Gasteiger partial charge in [0.05, 0.1) is 18.2 Å². The van der Waals surface area contributed by atoms with Crippen LogP contribution in [-0.2, 0) is 10.9 Å². The number of alkyl halides is 3. The van der Waals surface area contributed by atoms with E-state index in [9.17, 15) is 18.0 Å². The van der Waals surface area contributed by atoms with Crippen LogP contribution < -0.4 is 0 Å². The normalized spacial score (nSPS) is 11.4. The Morgan fingerprint density at radius 2 is 1.82 bits per heavy atom. The number of carbonyl (C=O) groups excluding carboxylic acids is 1. The molecule has 0 saturated heterocycles. The van der Waals surface area contributed by atoms with Crippen molar-refractivity contribution in [3.63, 3.8) is 0 Å². The molecule has 0 aliphatic heterocycles. The summed E-state index contributed by atoms with van der Waals surface area (Å²) >= 11 is 5.87. The second-order valence-electron chi connectivity index (χ2n) is 4.71. The minimum atomic E-state index is -4.41. The highest BCUT2D eigenvalue weighted by molar-refractivity contribution is 6.31. The van der Waals surface area contributed by atoms with Crippen molar-refractivity contribution in [3.8, 4) is 11.1 Å². The van der Waals surface area contributed by atoms with Gasteiger partial charge in [0, 0.05) is 5.02 Å². The summed E-state index contributed by atoms with van der Waals surface area (Å²) in [5.41, 5.74) is 0.533. The summed E-state index contributed by atoms with van der Waals surface area (Å²) in [6, 6.07) is 8.28. The van der Waals surface area contributed by atoms with Crippen LogP contribution in [0, 0.1) is 6.92 Å². The number of benzene rings is 2. The molecule has 0 unspecified atom stereocenters. The van der Waals surface area contributed by atoms with E-state index in [-0.39, 0.29) is 11.1 Å². The number of rotatable bonds is 2. The number of esters is 1. The second kappa shape index (κ2) is 6.01. The fourth-order valence-electron chi connectivity index (χ4n) is 2.20. The van der Waals surface area contributed by atoms with Gasteiger partial charge in [-0.05, 0) is 41.8 Å². The molecule has 0 saturated carbocycles. The van der Waals surface area contributed by atoms with E-state index < -0.39 is 17.7 Å². The largest absolute Gasteiger partial charge is 0.465 e. The van der Waals surface area contributed by atoms with Crippen LogP contribution in [0.25, 0.3) is 11.1 Å². The van der Waals surface area contributed by atoms with Crippen molar-refractivity contribution < 1.29 is 22.7 Å². The standard InChI is InChI=1S/C16H12ClF3O2/c1-9-7-10(3-6-14(9)16(18,19)20)12-5-4-11(17)8-13(12)15(21)22-2/h3-8H,1-2H3. The number of halogens is 4. The highest BCUT2D eigenvalue weighted by Gasteiger charge is 2.32. The SMILES string of the molecule is COC(=O)c1cc(Cl)ccc1-c1ccc(C(F)(F)F)c(C)c1. The second-order valence-corrected chi connectivity index (χ2v) is 5.15. The third-order valence-corrected chi connectivity index (χ3v) is 3.46. The monoisotopic (exact) mass is 328 g/mol. The summed E-state index contributed by atoms with van der Waals surface area (Å²) in [5.74, 6) is -0.602. The summed E-state index contributed by atoms with van der Waals surface area (Å²) in [7, 11) is 1.23. The molecule has 2 aromatic carbocycles. The van der Waals surface area contributed by atoms with Crippen molar-refractivity contribution in [3.05, 3.63) is 58.1 Å². The van der Waals surface area contributed by atoms with Crippen LogP contribution in [0.5, 0.6) is 0 Å². The number of carbonyl (C=O) groups is 1. The Kier molecular flexibility index (Phi) is 4.47. The summed E-state index contributed by atoms with van der Waals surface area (Å²) < 4.78 is 43.1. The molecule has 6 heteroatoms. The lowest BCUT2D eigenvalue weighted by Crippen LogP contribution is -2.08. The van der Waals surface area contributed by atoms with E-state index >= 15 is 0 Å². The first-order valence-corrected chi connectivity index (χ1v) is 6.68. The Balaban J connectivity index is 2.58. The van der Waals surface area contributed by atoms with Crippen LogP contribution >= 0.6 is 11.6 Å². The molecule has 0 heterocycles. The van der Waals surface area contributed by atoms with Crippen LogP contribution in [0.2, 0.25) is 5.02 Å². The summed E-state index contributed by atoms with van der Waals surface area (Å²) in [6.07, 6.45) is -4.41. The van der Waals surface area contributed by atoms with Crippen molar-refractivity contribution in [1.82, 2.24) is 0 Å². The van der Waals surface area contributed by atoms with Gasteiger partial charge in [-0.1, -0.05) is 29.8 Å². The number of hydrogen-bond donors (Lipinski definition) is 0. The summed E-state index contributed by atoms with van der Waals surface area (Å²) in [5, 5.41) is 0.341. The van der Waals surface area contributed by atoms with Crippen molar-refractivity contribution in [2.75, 3.05) is 7.11 Å². The molecule has 0 atom stereocenters. The predicted molar refractivity (Wildman–Crippen MR) is 78.0 cm³/mol. The van der Waals surface area contributed by atoms with Crippen molar-refractivity contribution in [1.29, 1.82) is 0 Å². The van der Waals surface area contributed by atoms with Gasteiger partial charge >= 0.3 is 12.1 Å². The molecule has 0 spiro atoms. The molecule has 0 N–H and O–H groups in total. The first kappa shape index (κ1) is 16.4. The van der Waals surface area contributed by atoms with E-state index in [1.165, 1.54) is 32.2 Å². The average Bonchev–Trinajstić information content (AvgIpc) is 2.44. The summed E-state index contributed by atoms with van der Waals surface area (Å²) in [6.45, 7) is 1.38. The van der Waals surface area contributed by atoms with Gasteiger partial charge in [-0.2, -0.15) is 13.2 Å². The molecule has 116 valence electrons. The molecule has 0 amide bonds. The van der Waals surface area contributed by atoms with E-state index in [4.69, 9.17) is 11.6 Å². The van der Waals surface area contributed by atoms with Crippen LogP contribution in [0.1, 0.15) is 21.5 Å². The van der Waals surface area contributed by atoms with E-state index in [2.05, 4.69) is 4.74 Å². The zero-order valence-electron chi connectivity index (χ0n) is 11.8. The highest BCUT2D eigenvalue weighted by atomic mass is 35.5. The molecular weight excluding hydrogens is 317 g/mol. The van der Waals surface area contributed by atoms with Gasteiger partial charge in [0.25, 0.3) is 0 Å². The van der Waals surface area contributed by atoms with Crippen molar-refractivity contribution in [2.45, 2.75) is 13.1 Å². The minimum Gasteiger partial charge on any atom is -0.465 e. The number of hydrogen-bond acceptors (Lipinski definition) is 2. The summed E-state index contributed by atoms with van der Waals surface area (Å²) in [4.78, 5) is 11.8. The van der Waals surface area contributed by atoms with Gasteiger partial charge in [-0.3, -0.25) is 0 Å². The molecule has 0 aliphatic carbocycles. The average molecular weight is 329 g/mol. The molecule has 0 aliphatic rings. The first-order chi connectivity index (χ1) is 10.2. The Morgan fingerprint density at radius 1 is 1.14 bits per heavy atom. The van der Waals surface area contributed by atoms with Crippen LogP contribution in [-0.4, -0.2) is 13.1 Å². The Morgan fingerprint density at radius 3 is 2.36 bits per heavy atom. The molecule has 0 fully saturated rings. The van der Waals surface area contributed by atoms with Crippen LogP contribution in [0.4, 0.5) is 13.2 Å². The van der Waals surface area contributed by atoms with E-state index in [0.717, 1.165) is 6.07 Å². The Bertz CT molecular complexity index is 724. The third kappa shape index (κ3) is 3.25. The molecule has 2 rings (SSSR count). The predicted octanol–water partition coefficient (Wildman–Crippen LogP) is 5.12. The van der Waals surface area contributed by atoms with E-state index in [0.29, 0.717) is 16.1 Å². The topological polar surface area (TPSA) is 26.3 Å². The van der Waals surface area contributed by atoms with Gasteiger partial charge < -0.3 is 4.74 Å². The number of methoxy groups -OCH3 is 1. The number of aryl methyl sites for hydroxylation is 1. The lowest BCUT2D eigenvalue weighted by Gasteiger charge is -2.13. The Labute approximate surface area is 130 Å². The maximum atomic E-state index is 12.8. The quantitative estimate of drug-likeness (QED) is 0.715. The van der Waals surface area contributed by atoms with Gasteiger partial charge in [0.15, 0.2) is 0 Å². The van der Waals surface area contributed by atoms with Gasteiger partial charge in [0.1, 0.15) is 0 Å². The lowest BCUT2D eigenvalue weighted by molar-refractivity contribution is -0.138. The maximum absolute atomic E-state index is 12.8. The molecule has 2 aromatic rings. The zero-order chi connectivity index (χ0) is 16.5.